The van der Waals surface area contributed by atoms with E-state index in [2.05, 4.69) is 28.1 Å². The average molecular weight is 271 g/mol. The smallest absolute Gasteiger partial charge is 0.151 e. The summed E-state index contributed by atoms with van der Waals surface area (Å²) in [5, 5.41) is 0. The Hall–Kier alpha value is -1.68. The lowest BCUT2D eigenvalue weighted by Gasteiger charge is -2.20. The zero-order valence-corrected chi connectivity index (χ0v) is 12.1. The maximum atomic E-state index is 10.9. The van der Waals surface area contributed by atoms with Crippen molar-refractivity contribution in [2.24, 2.45) is 5.92 Å². The fraction of sp³-hybridized carbons (Fsp3) is 0.500. The van der Waals surface area contributed by atoms with E-state index in [0.717, 1.165) is 30.6 Å². The molecule has 0 spiro atoms. The molecule has 3 heterocycles. The molecule has 20 heavy (non-hydrogen) atoms. The van der Waals surface area contributed by atoms with Crippen molar-refractivity contribution >= 4 is 11.8 Å². The molecule has 0 radical (unpaired) electrons. The largest absolute Gasteiger partial charge is 0.303 e. The molecule has 0 bridgehead atoms. The van der Waals surface area contributed by atoms with Crippen LogP contribution < -0.4 is 0 Å². The maximum Gasteiger partial charge on any atom is 0.151 e. The molecule has 1 atom stereocenters. The van der Waals surface area contributed by atoms with E-state index < -0.39 is 0 Å². The monoisotopic (exact) mass is 271 g/mol. The third kappa shape index (κ3) is 2.48. The second-order valence-corrected chi connectivity index (χ2v) is 6.00. The molecular weight excluding hydrogens is 250 g/mol. The van der Waals surface area contributed by atoms with E-state index in [0.29, 0.717) is 17.5 Å². The van der Waals surface area contributed by atoms with Crippen LogP contribution in [0.5, 0.6) is 0 Å². The van der Waals surface area contributed by atoms with Crippen LogP contribution >= 0.6 is 0 Å². The highest BCUT2D eigenvalue weighted by Gasteiger charge is 2.25. The molecule has 0 amide bonds. The molecule has 0 aromatic carbocycles. The van der Waals surface area contributed by atoms with Gasteiger partial charge in [0.1, 0.15) is 5.82 Å². The van der Waals surface area contributed by atoms with Gasteiger partial charge >= 0.3 is 0 Å². The van der Waals surface area contributed by atoms with Crippen molar-refractivity contribution in [2.75, 3.05) is 13.1 Å². The molecule has 106 valence electrons. The van der Waals surface area contributed by atoms with Crippen LogP contribution in [-0.4, -0.2) is 39.7 Å². The standard InChI is InChI=1S/C16H21N3O/c1-12(2)18-6-5-13(9-18)7-16-17-8-15-4-3-14(11-20)10-19(15)16/h3-4,8,10-13H,5-7,9H2,1-2H3. The van der Waals surface area contributed by atoms with E-state index in [1.165, 1.54) is 13.0 Å². The van der Waals surface area contributed by atoms with Crippen molar-refractivity contribution in [1.82, 2.24) is 14.3 Å². The van der Waals surface area contributed by atoms with Gasteiger partial charge in [0.15, 0.2) is 6.29 Å². The molecule has 2 aromatic heterocycles. The maximum absolute atomic E-state index is 10.9. The predicted molar refractivity (Wildman–Crippen MR) is 79.1 cm³/mol. The number of carbonyl (C=O) groups excluding carboxylic acids is 1. The number of carbonyl (C=O) groups is 1. The summed E-state index contributed by atoms with van der Waals surface area (Å²) in [6, 6.07) is 4.41. The molecule has 0 N–H and O–H groups in total. The summed E-state index contributed by atoms with van der Waals surface area (Å²) in [7, 11) is 0. The van der Waals surface area contributed by atoms with E-state index in [1.807, 2.05) is 24.5 Å². The second kappa shape index (κ2) is 5.37. The van der Waals surface area contributed by atoms with Gasteiger partial charge < -0.3 is 9.30 Å². The van der Waals surface area contributed by atoms with Crippen molar-refractivity contribution in [3.63, 3.8) is 0 Å². The molecule has 0 aliphatic carbocycles. The molecule has 1 aliphatic rings. The molecule has 4 nitrogen and oxygen atoms in total. The molecule has 1 fully saturated rings. The van der Waals surface area contributed by atoms with Crippen molar-refractivity contribution in [3.8, 4) is 0 Å². The number of hydrogen-bond donors (Lipinski definition) is 0. The van der Waals surface area contributed by atoms with Crippen LogP contribution in [0.4, 0.5) is 0 Å². The number of pyridine rings is 1. The zero-order chi connectivity index (χ0) is 14.1. The molecule has 1 unspecified atom stereocenters. The van der Waals surface area contributed by atoms with Gasteiger partial charge in [0.05, 0.1) is 11.7 Å². The zero-order valence-electron chi connectivity index (χ0n) is 12.1. The van der Waals surface area contributed by atoms with Crippen LogP contribution in [0.25, 0.3) is 5.52 Å². The van der Waals surface area contributed by atoms with Crippen molar-refractivity contribution < 1.29 is 4.79 Å². The lowest BCUT2D eigenvalue weighted by Crippen LogP contribution is -2.28. The summed E-state index contributed by atoms with van der Waals surface area (Å²) in [5.41, 5.74) is 1.76. The molecule has 4 heteroatoms. The lowest BCUT2D eigenvalue weighted by atomic mass is 10.0. The van der Waals surface area contributed by atoms with Crippen molar-refractivity contribution in [3.05, 3.63) is 35.9 Å². The Morgan fingerprint density at radius 2 is 2.30 bits per heavy atom. The Balaban J connectivity index is 1.79. The number of imidazole rings is 1. The molecule has 2 aromatic rings. The minimum Gasteiger partial charge on any atom is -0.303 e. The lowest BCUT2D eigenvalue weighted by molar-refractivity contribution is 0.112. The van der Waals surface area contributed by atoms with Crippen LogP contribution in [-0.2, 0) is 6.42 Å². The van der Waals surface area contributed by atoms with Gasteiger partial charge in [-0.2, -0.15) is 0 Å². The first-order valence-electron chi connectivity index (χ1n) is 7.32. The van der Waals surface area contributed by atoms with E-state index in [9.17, 15) is 4.79 Å². The van der Waals surface area contributed by atoms with Crippen LogP contribution in [0.15, 0.2) is 24.5 Å². The minimum atomic E-state index is 0.624. The second-order valence-electron chi connectivity index (χ2n) is 6.00. The van der Waals surface area contributed by atoms with E-state index >= 15 is 0 Å². The summed E-state index contributed by atoms with van der Waals surface area (Å²) >= 11 is 0. The van der Waals surface area contributed by atoms with E-state index in [1.54, 1.807) is 0 Å². The Morgan fingerprint density at radius 1 is 1.45 bits per heavy atom. The van der Waals surface area contributed by atoms with Gasteiger partial charge in [-0.25, -0.2) is 4.98 Å². The first kappa shape index (κ1) is 13.3. The van der Waals surface area contributed by atoms with Crippen LogP contribution in [0.1, 0.15) is 36.5 Å². The van der Waals surface area contributed by atoms with E-state index in [4.69, 9.17) is 0 Å². The van der Waals surface area contributed by atoms with Gasteiger partial charge in [-0.1, -0.05) is 0 Å². The van der Waals surface area contributed by atoms with Crippen LogP contribution in [0, 0.1) is 5.92 Å². The number of likely N-dealkylation sites (tertiary alicyclic amines) is 1. The first-order chi connectivity index (χ1) is 9.67. The van der Waals surface area contributed by atoms with E-state index in [-0.39, 0.29) is 0 Å². The molecule has 1 saturated heterocycles. The topological polar surface area (TPSA) is 37.6 Å². The predicted octanol–water partition coefficient (Wildman–Crippen LogP) is 2.42. The molecule has 0 saturated carbocycles. The SMILES string of the molecule is CC(C)N1CCC(Cc2ncc3ccc(C=O)cn23)C1. The number of aldehydes is 1. The highest BCUT2D eigenvalue weighted by Crippen LogP contribution is 2.22. The quantitative estimate of drug-likeness (QED) is 0.801. The fourth-order valence-corrected chi connectivity index (χ4v) is 3.04. The summed E-state index contributed by atoms with van der Waals surface area (Å²) < 4.78 is 2.06. The number of aromatic nitrogens is 2. The highest BCUT2D eigenvalue weighted by molar-refractivity contribution is 5.75. The Labute approximate surface area is 119 Å². The summed E-state index contributed by atoms with van der Waals surface area (Å²) in [4.78, 5) is 18.0. The van der Waals surface area contributed by atoms with Gasteiger partial charge in [-0.05, 0) is 44.9 Å². The highest BCUT2D eigenvalue weighted by atomic mass is 16.1. The van der Waals surface area contributed by atoms with Gasteiger partial charge in [0.2, 0.25) is 0 Å². The number of nitrogens with zero attached hydrogens (tertiary/aromatic N) is 3. The summed E-state index contributed by atoms with van der Waals surface area (Å²) in [5.74, 6) is 1.74. The Bertz CT molecular complexity index is 617. The molecule has 3 rings (SSSR count). The number of fused-ring (bicyclic) bond motifs is 1. The fourth-order valence-electron chi connectivity index (χ4n) is 3.04. The number of hydrogen-bond acceptors (Lipinski definition) is 3. The third-order valence-corrected chi connectivity index (χ3v) is 4.28. The summed E-state index contributed by atoms with van der Waals surface area (Å²) in [6.07, 6.45) is 6.89. The molecule has 1 aliphatic heterocycles. The van der Waals surface area contributed by atoms with Gasteiger partial charge in [-0.15, -0.1) is 0 Å². The van der Waals surface area contributed by atoms with Crippen molar-refractivity contribution in [1.29, 1.82) is 0 Å². The number of rotatable bonds is 4. The minimum absolute atomic E-state index is 0.624. The first-order valence-corrected chi connectivity index (χ1v) is 7.32. The van der Waals surface area contributed by atoms with Crippen molar-refractivity contribution in [2.45, 2.75) is 32.7 Å². The van der Waals surface area contributed by atoms with Gasteiger partial charge in [0, 0.05) is 30.8 Å². The van der Waals surface area contributed by atoms with Crippen LogP contribution in [0.3, 0.4) is 0 Å². The average Bonchev–Trinajstić information content (AvgIpc) is 3.06. The normalized spacial score (nSPS) is 20.1. The summed E-state index contributed by atoms with van der Waals surface area (Å²) in [6.45, 7) is 6.85. The van der Waals surface area contributed by atoms with Gasteiger partial charge in [0.25, 0.3) is 0 Å². The van der Waals surface area contributed by atoms with Crippen LogP contribution in [0.2, 0.25) is 0 Å². The van der Waals surface area contributed by atoms with Gasteiger partial charge in [-0.3, -0.25) is 4.79 Å². The Morgan fingerprint density at radius 3 is 3.00 bits per heavy atom. The molecular formula is C16H21N3O. The Kier molecular flexibility index (Phi) is 3.57. The third-order valence-electron chi connectivity index (χ3n) is 4.28.